The quantitative estimate of drug-likeness (QED) is 0.763. The van der Waals surface area contributed by atoms with E-state index in [1.807, 2.05) is 64.1 Å². The van der Waals surface area contributed by atoms with Crippen molar-refractivity contribution in [3.8, 4) is 5.75 Å². The Morgan fingerprint density at radius 3 is 2.52 bits per heavy atom. The third-order valence-corrected chi connectivity index (χ3v) is 5.35. The van der Waals surface area contributed by atoms with Gasteiger partial charge >= 0.3 is 0 Å². The lowest BCUT2D eigenvalue weighted by molar-refractivity contribution is -0.118. The first-order valence-electron chi connectivity index (χ1n) is 9.76. The molecule has 1 aliphatic heterocycles. The Hall–Kier alpha value is -3.08. The summed E-state index contributed by atoms with van der Waals surface area (Å²) in [4.78, 5) is 27.7. The molecule has 5 heteroatoms. The van der Waals surface area contributed by atoms with E-state index in [1.54, 1.807) is 13.2 Å². The van der Waals surface area contributed by atoms with Crippen molar-refractivity contribution >= 4 is 17.4 Å². The molecule has 1 atom stereocenters. The largest absolute Gasteiger partial charge is 0.503 e. The molecule has 1 heterocycles. The second kappa shape index (κ2) is 8.11. The molecule has 1 unspecified atom stereocenters. The summed E-state index contributed by atoms with van der Waals surface area (Å²) in [5.74, 6) is -0.508. The summed E-state index contributed by atoms with van der Waals surface area (Å²) in [6.45, 7) is 7.79. The van der Waals surface area contributed by atoms with Gasteiger partial charge in [0.05, 0.1) is 18.7 Å². The van der Waals surface area contributed by atoms with Crippen molar-refractivity contribution in [2.24, 2.45) is 5.92 Å². The van der Waals surface area contributed by atoms with Crippen molar-refractivity contribution in [3.05, 3.63) is 70.5 Å². The molecule has 3 rings (SSSR count). The molecule has 152 valence electrons. The van der Waals surface area contributed by atoms with Crippen LogP contribution in [-0.2, 0) is 9.59 Å². The van der Waals surface area contributed by atoms with Crippen LogP contribution in [0.4, 0.5) is 5.69 Å². The second-order valence-corrected chi connectivity index (χ2v) is 7.86. The maximum atomic E-state index is 13.1. The zero-order valence-corrected chi connectivity index (χ0v) is 17.5. The van der Waals surface area contributed by atoms with Gasteiger partial charge in [-0.2, -0.15) is 0 Å². The average molecular weight is 393 g/mol. The summed E-state index contributed by atoms with van der Waals surface area (Å²) >= 11 is 0. The Morgan fingerprint density at radius 1 is 1.17 bits per heavy atom. The first-order valence-corrected chi connectivity index (χ1v) is 9.76. The summed E-state index contributed by atoms with van der Waals surface area (Å²) in [6, 6.07) is 12.3. The van der Waals surface area contributed by atoms with Gasteiger partial charge in [-0.05, 0) is 54.7 Å². The van der Waals surface area contributed by atoms with Gasteiger partial charge in [0, 0.05) is 12.1 Å². The molecule has 29 heavy (non-hydrogen) atoms. The van der Waals surface area contributed by atoms with Gasteiger partial charge in [0.2, 0.25) is 0 Å². The molecular formula is C24H27NO4. The van der Waals surface area contributed by atoms with Crippen LogP contribution in [0, 0.1) is 19.8 Å². The molecule has 0 saturated carbocycles. The van der Waals surface area contributed by atoms with Crippen LogP contribution >= 0.6 is 0 Å². The normalized spacial score (nSPS) is 16.7. The SMILES string of the molecule is COc1cccc(C2C(C(=O)CC(C)C)=C(O)C(=O)N2c2cccc(C)c2C)c1. The number of nitrogens with zero attached hydrogens (tertiary/aromatic N) is 1. The maximum absolute atomic E-state index is 13.1. The number of aryl methyl sites for hydroxylation is 1. The number of rotatable bonds is 6. The molecular weight excluding hydrogens is 366 g/mol. The van der Waals surface area contributed by atoms with Crippen LogP contribution in [0.3, 0.4) is 0 Å². The molecule has 2 aromatic rings. The first kappa shape index (κ1) is 20.6. The molecule has 0 fully saturated rings. The Balaban J connectivity index is 2.21. The molecule has 0 aromatic heterocycles. The minimum Gasteiger partial charge on any atom is -0.503 e. The molecule has 5 nitrogen and oxygen atoms in total. The number of amides is 1. The molecule has 2 aromatic carbocycles. The number of aliphatic hydroxyl groups is 1. The number of ether oxygens (including phenoxy) is 1. The highest BCUT2D eigenvalue weighted by Crippen LogP contribution is 2.43. The van der Waals surface area contributed by atoms with Crippen molar-refractivity contribution in [1.29, 1.82) is 0 Å². The van der Waals surface area contributed by atoms with E-state index in [9.17, 15) is 14.7 Å². The fourth-order valence-electron chi connectivity index (χ4n) is 3.74. The van der Waals surface area contributed by atoms with E-state index in [0.29, 0.717) is 11.4 Å². The summed E-state index contributed by atoms with van der Waals surface area (Å²) < 4.78 is 5.35. The maximum Gasteiger partial charge on any atom is 0.294 e. The van der Waals surface area contributed by atoms with Crippen LogP contribution in [0.1, 0.15) is 43.0 Å². The van der Waals surface area contributed by atoms with E-state index in [4.69, 9.17) is 4.74 Å². The summed E-state index contributed by atoms with van der Waals surface area (Å²) in [7, 11) is 1.57. The van der Waals surface area contributed by atoms with Crippen LogP contribution in [0.5, 0.6) is 5.75 Å². The van der Waals surface area contributed by atoms with Gasteiger partial charge in [-0.3, -0.25) is 14.5 Å². The summed E-state index contributed by atoms with van der Waals surface area (Å²) in [5, 5.41) is 10.7. The number of carbonyl (C=O) groups excluding carboxylic acids is 2. The molecule has 1 N–H and O–H groups in total. The van der Waals surface area contributed by atoms with Gasteiger partial charge in [0.25, 0.3) is 5.91 Å². The van der Waals surface area contributed by atoms with Gasteiger partial charge in [0.15, 0.2) is 11.5 Å². The minimum absolute atomic E-state index is 0.110. The molecule has 0 aliphatic carbocycles. The average Bonchev–Trinajstić information content (AvgIpc) is 2.95. The van der Waals surface area contributed by atoms with E-state index in [1.165, 1.54) is 4.90 Å². The molecule has 1 aliphatic rings. The smallest absolute Gasteiger partial charge is 0.294 e. The Kier molecular flexibility index (Phi) is 5.78. The lowest BCUT2D eigenvalue weighted by atomic mass is 9.91. The van der Waals surface area contributed by atoms with Gasteiger partial charge in [-0.15, -0.1) is 0 Å². The van der Waals surface area contributed by atoms with Gasteiger partial charge < -0.3 is 9.84 Å². The Labute approximate surface area is 171 Å². The minimum atomic E-state index is -0.704. The third kappa shape index (κ3) is 3.77. The van der Waals surface area contributed by atoms with Crippen molar-refractivity contribution in [1.82, 2.24) is 0 Å². The van der Waals surface area contributed by atoms with E-state index < -0.39 is 17.7 Å². The fourth-order valence-corrected chi connectivity index (χ4v) is 3.74. The van der Waals surface area contributed by atoms with Crippen LogP contribution in [-0.4, -0.2) is 23.9 Å². The lowest BCUT2D eigenvalue weighted by Gasteiger charge is -2.29. The number of Topliss-reactive ketones (excluding diaryl/α,β-unsaturated/α-hetero) is 1. The van der Waals surface area contributed by atoms with Crippen LogP contribution in [0.2, 0.25) is 0 Å². The van der Waals surface area contributed by atoms with Crippen LogP contribution in [0.15, 0.2) is 53.8 Å². The van der Waals surface area contributed by atoms with Gasteiger partial charge in [-0.1, -0.05) is 38.1 Å². The number of hydrogen-bond donors (Lipinski definition) is 1. The summed E-state index contributed by atoms with van der Waals surface area (Å²) in [6.07, 6.45) is 0.258. The Morgan fingerprint density at radius 2 is 1.86 bits per heavy atom. The second-order valence-electron chi connectivity index (χ2n) is 7.86. The molecule has 1 amide bonds. The standard InChI is InChI=1S/C24H27NO4/c1-14(2)12-20(26)21-22(17-9-7-10-18(13-17)29-5)25(24(28)23(21)27)19-11-6-8-15(3)16(19)4/h6-11,13-14,22,27H,12H2,1-5H3. The predicted molar refractivity (Wildman–Crippen MR) is 113 cm³/mol. The topological polar surface area (TPSA) is 66.8 Å². The number of aliphatic hydroxyl groups excluding tert-OH is 1. The van der Waals surface area contributed by atoms with E-state index in [-0.39, 0.29) is 23.7 Å². The van der Waals surface area contributed by atoms with Crippen LogP contribution < -0.4 is 9.64 Å². The number of ketones is 1. The number of methoxy groups -OCH3 is 1. The highest BCUT2D eigenvalue weighted by Gasteiger charge is 2.44. The van der Waals surface area contributed by atoms with E-state index >= 15 is 0 Å². The van der Waals surface area contributed by atoms with Crippen LogP contribution in [0.25, 0.3) is 0 Å². The fraction of sp³-hybridized carbons (Fsp3) is 0.333. The number of carbonyl (C=O) groups is 2. The Bertz CT molecular complexity index is 990. The van der Waals surface area contributed by atoms with Crippen molar-refractivity contribution < 1.29 is 19.4 Å². The van der Waals surface area contributed by atoms with Gasteiger partial charge in [0.1, 0.15) is 5.75 Å². The number of benzene rings is 2. The van der Waals surface area contributed by atoms with E-state index in [0.717, 1.165) is 16.7 Å². The number of hydrogen-bond acceptors (Lipinski definition) is 4. The summed E-state index contributed by atoms with van der Waals surface area (Å²) in [5.41, 5.74) is 3.51. The lowest BCUT2D eigenvalue weighted by Crippen LogP contribution is -2.31. The third-order valence-electron chi connectivity index (χ3n) is 5.35. The number of anilines is 1. The van der Waals surface area contributed by atoms with Crippen molar-refractivity contribution in [3.63, 3.8) is 0 Å². The monoisotopic (exact) mass is 393 g/mol. The van der Waals surface area contributed by atoms with Gasteiger partial charge in [-0.25, -0.2) is 0 Å². The zero-order valence-electron chi connectivity index (χ0n) is 17.5. The molecule has 0 bridgehead atoms. The molecule has 0 spiro atoms. The van der Waals surface area contributed by atoms with E-state index in [2.05, 4.69) is 0 Å². The highest BCUT2D eigenvalue weighted by atomic mass is 16.5. The van der Waals surface area contributed by atoms with Crippen molar-refractivity contribution in [2.45, 2.75) is 40.2 Å². The zero-order chi connectivity index (χ0) is 21.3. The van der Waals surface area contributed by atoms with Crippen molar-refractivity contribution in [2.75, 3.05) is 12.0 Å². The highest BCUT2D eigenvalue weighted by molar-refractivity contribution is 6.16. The first-order chi connectivity index (χ1) is 13.8. The molecule has 0 radical (unpaired) electrons. The predicted octanol–water partition coefficient (Wildman–Crippen LogP) is 4.83. The molecule has 0 saturated heterocycles.